The van der Waals surface area contributed by atoms with Crippen molar-refractivity contribution < 1.29 is 39.9 Å². The second-order valence-corrected chi connectivity index (χ2v) is 30.5. The summed E-state index contributed by atoms with van der Waals surface area (Å²) in [5, 5.41) is 37.9. The molecule has 570 valence electrons. The number of aromatic amines is 4. The Morgan fingerprint density at radius 2 is 0.826 bits per heavy atom. The highest BCUT2D eigenvalue weighted by atomic mass is 35.5. The van der Waals surface area contributed by atoms with E-state index in [0.717, 1.165) is 145 Å². The Balaban J connectivity index is 0.000000128. The number of aromatic nitrogens is 16. The molecular formula is C78H84ClF8N21O. The Kier molecular flexibility index (Phi) is 22.1. The predicted molar refractivity (Wildman–Crippen MR) is 404 cm³/mol. The smallest absolute Gasteiger partial charge is 0.419 e. The quantitative estimate of drug-likeness (QED) is 0.0782. The van der Waals surface area contributed by atoms with Gasteiger partial charge in [-0.05, 0) is 128 Å². The minimum atomic E-state index is -4.78. The van der Waals surface area contributed by atoms with Crippen LogP contribution in [0.1, 0.15) is 137 Å². The van der Waals surface area contributed by atoms with Gasteiger partial charge in [-0.3, -0.25) is 20.4 Å². The number of piperidine rings is 4. The average molecular weight is 1520 g/mol. The maximum absolute atomic E-state index is 14.5. The molecule has 4 N–H and O–H groups in total. The Morgan fingerprint density at radius 3 is 1.21 bits per heavy atom. The number of fused-ring (bicyclic) bond motifs is 4. The summed E-state index contributed by atoms with van der Waals surface area (Å²) in [6, 6.07) is 21.0. The number of alkyl halides is 5. The number of nitrogens with one attached hydrogen (secondary N) is 4. The van der Waals surface area contributed by atoms with E-state index < -0.39 is 35.8 Å². The highest BCUT2D eigenvalue weighted by Gasteiger charge is 2.37. The molecular weight excluding hydrogens is 1430 g/mol. The van der Waals surface area contributed by atoms with Crippen molar-refractivity contribution in [2.75, 3.05) is 72.0 Å². The van der Waals surface area contributed by atoms with Crippen molar-refractivity contribution in [1.82, 2.24) is 80.7 Å². The van der Waals surface area contributed by atoms with E-state index in [0.29, 0.717) is 100 Å². The zero-order valence-electron chi connectivity index (χ0n) is 61.7. The number of H-pyrrole nitrogens is 4. The van der Waals surface area contributed by atoms with Crippen molar-refractivity contribution in [1.29, 1.82) is 5.26 Å². The number of benzene rings is 4. The van der Waals surface area contributed by atoms with E-state index in [1.807, 2.05) is 12.1 Å². The standard InChI is InChI=1S/C20H21ClN6.C20H21F4N5.C19H21F2N5O.C19H21F2N5/c1-3-20(2)7-9-27(10-8-20)16-12-23-18-17(25-26-19(18)24-16)13-5-4-6-15(21)14(13)11-22;1-3-19(2)7-9-29(10-8-19)14-11-25-17-16(27-28-18(17)26-14)12-5-4-6-13(15(12)21)20(22,23)24;1-19(2)7-9-26(10-8-19)14-11-22-16-15(24-25-17(16)23-14)12-3-5-13(6-4-12)27-18(20)21;1-3-19(2)7-9-26(10-8-19)14-11-22-17-16(24-25-18(17)23-14)12-5-4-6-13(20)15(12)21/h4-6,12H,3,7-10H2,1-2H3,(H,24,25,26);4-6,11H,3,7-10H2,1-2H3,(H,26,27,28);3-6,11,18H,7-10H2,1-2H3,(H,23,24,25);4-6,11H,3,7-10H2,1-2H3,(H,23,24,25). The Morgan fingerprint density at radius 1 is 0.477 bits per heavy atom. The fraction of sp³-hybridized carbons (Fsp3) is 0.423. The number of nitriles is 1. The average Bonchev–Trinajstić information content (AvgIpc) is 1.65. The second-order valence-electron chi connectivity index (χ2n) is 30.0. The van der Waals surface area contributed by atoms with E-state index in [9.17, 15) is 40.4 Å². The molecule has 0 amide bonds. The van der Waals surface area contributed by atoms with Crippen LogP contribution in [-0.4, -0.2) is 140 Å². The highest BCUT2D eigenvalue weighted by Crippen LogP contribution is 2.42. The number of halogens is 9. The molecule has 4 saturated heterocycles. The molecule has 0 aliphatic carbocycles. The van der Waals surface area contributed by atoms with Crippen molar-refractivity contribution in [3.63, 3.8) is 0 Å². The molecule has 0 saturated carbocycles. The maximum Gasteiger partial charge on any atom is 0.419 e. The van der Waals surface area contributed by atoms with Gasteiger partial charge in [0.15, 0.2) is 11.6 Å². The third-order valence-corrected chi connectivity index (χ3v) is 22.8. The topological polar surface area (TPSA) is 264 Å². The fourth-order valence-electron chi connectivity index (χ4n) is 14.0. The van der Waals surface area contributed by atoms with E-state index >= 15 is 0 Å². The lowest BCUT2D eigenvalue weighted by Gasteiger charge is -2.39. The van der Waals surface area contributed by atoms with Gasteiger partial charge in [-0.25, -0.2) is 53.0 Å². The van der Waals surface area contributed by atoms with Crippen molar-refractivity contribution in [2.24, 2.45) is 21.7 Å². The van der Waals surface area contributed by atoms with E-state index in [-0.39, 0.29) is 33.7 Å². The molecule has 31 heteroatoms. The maximum atomic E-state index is 14.5. The first-order valence-electron chi connectivity index (χ1n) is 36.6. The van der Waals surface area contributed by atoms with E-state index in [4.69, 9.17) is 16.6 Å². The molecule has 4 aliphatic rings. The van der Waals surface area contributed by atoms with Crippen molar-refractivity contribution in [3.05, 3.63) is 137 Å². The molecule has 0 bridgehead atoms. The zero-order valence-corrected chi connectivity index (χ0v) is 62.5. The van der Waals surface area contributed by atoms with Crippen LogP contribution < -0.4 is 24.3 Å². The van der Waals surface area contributed by atoms with Gasteiger partial charge in [0.2, 0.25) is 22.6 Å². The number of hydrogen-bond acceptors (Lipinski definition) is 18. The van der Waals surface area contributed by atoms with Crippen LogP contribution in [0.2, 0.25) is 5.02 Å². The van der Waals surface area contributed by atoms with Gasteiger partial charge in [0.25, 0.3) is 0 Å². The number of ether oxygens (including phenoxy) is 1. The lowest BCUT2D eigenvalue weighted by molar-refractivity contribution is -0.139. The van der Waals surface area contributed by atoms with Crippen LogP contribution in [0.15, 0.2) is 104 Å². The number of anilines is 4. The summed E-state index contributed by atoms with van der Waals surface area (Å²) in [5.41, 5.74) is 7.44. The van der Waals surface area contributed by atoms with Crippen LogP contribution in [0, 0.1) is 50.4 Å². The summed E-state index contributed by atoms with van der Waals surface area (Å²) in [7, 11) is 0. The molecule has 0 unspecified atom stereocenters. The summed E-state index contributed by atoms with van der Waals surface area (Å²) in [6.07, 6.45) is 14.4. The third-order valence-electron chi connectivity index (χ3n) is 22.4. The van der Waals surface area contributed by atoms with Crippen molar-refractivity contribution in [3.8, 4) is 56.8 Å². The lowest BCUT2D eigenvalue weighted by Crippen LogP contribution is -2.38. The van der Waals surface area contributed by atoms with Crippen LogP contribution in [0.4, 0.5) is 58.4 Å². The largest absolute Gasteiger partial charge is 0.435 e. The summed E-state index contributed by atoms with van der Waals surface area (Å²) in [6.45, 7) is 22.8. The molecule has 4 fully saturated rings. The molecule has 0 atom stereocenters. The van der Waals surface area contributed by atoms with Crippen LogP contribution in [-0.2, 0) is 6.18 Å². The highest BCUT2D eigenvalue weighted by molar-refractivity contribution is 6.32. The molecule has 109 heavy (non-hydrogen) atoms. The normalized spacial score (nSPS) is 16.9. The summed E-state index contributed by atoms with van der Waals surface area (Å²) in [5.74, 6) is 0.0554. The Bertz CT molecular complexity index is 5230. The minimum absolute atomic E-state index is 0.0832. The van der Waals surface area contributed by atoms with Crippen molar-refractivity contribution in [2.45, 2.75) is 139 Å². The summed E-state index contributed by atoms with van der Waals surface area (Å²) in [4.78, 5) is 45.2. The predicted octanol–water partition coefficient (Wildman–Crippen LogP) is 18.3. The monoisotopic (exact) mass is 1520 g/mol. The molecule has 12 aromatic rings. The van der Waals surface area contributed by atoms with Gasteiger partial charge < -0.3 is 24.3 Å². The minimum Gasteiger partial charge on any atom is -0.435 e. The first kappa shape index (κ1) is 76.5. The molecule has 4 aromatic carbocycles. The Hall–Kier alpha value is -10.7. The van der Waals surface area contributed by atoms with Gasteiger partial charge >= 0.3 is 12.8 Å². The van der Waals surface area contributed by atoms with Gasteiger partial charge in [-0.15, -0.1) is 0 Å². The van der Waals surface area contributed by atoms with Crippen LogP contribution in [0.25, 0.3) is 89.7 Å². The van der Waals surface area contributed by atoms with E-state index in [2.05, 4.69) is 161 Å². The molecule has 22 nitrogen and oxygen atoms in total. The SMILES string of the molecule is CC1(C)CCN(c2cnc3c(-c4ccc(OC(F)F)cc4)[nH]nc3n2)CC1.CCC1(C)CCN(c2cnc3c(-c4cccc(C(F)(F)F)c4F)[nH]nc3n2)CC1.CCC1(C)CCN(c2cnc3c(-c4cccc(Cl)c4C#N)[nH]nc3n2)CC1.CCC1(C)CCN(c2cnc3c(-c4cccc(F)c4F)[nH]nc3n2)CC1. The van der Waals surface area contributed by atoms with Crippen LogP contribution in [0.3, 0.4) is 0 Å². The number of rotatable bonds is 13. The molecule has 16 rings (SSSR count). The van der Waals surface area contributed by atoms with Gasteiger partial charge in [0.05, 0.1) is 63.7 Å². The van der Waals surface area contributed by atoms with Crippen molar-refractivity contribution >= 4 is 79.5 Å². The van der Waals surface area contributed by atoms with Gasteiger partial charge in [0, 0.05) is 74.6 Å². The summed E-state index contributed by atoms with van der Waals surface area (Å²) >= 11 is 6.16. The van der Waals surface area contributed by atoms with Crippen LogP contribution in [0.5, 0.6) is 5.75 Å². The first-order chi connectivity index (χ1) is 52.2. The molecule has 4 aliphatic heterocycles. The summed E-state index contributed by atoms with van der Waals surface area (Å²) < 4.78 is 110. The lowest BCUT2D eigenvalue weighted by atomic mass is 9.78. The number of nitrogens with zero attached hydrogens (tertiary/aromatic N) is 17. The molecule has 0 radical (unpaired) electrons. The molecule has 0 spiro atoms. The zero-order chi connectivity index (χ0) is 77.2. The van der Waals surface area contributed by atoms with E-state index in [1.54, 1.807) is 43.0 Å². The fourth-order valence-corrected chi connectivity index (χ4v) is 14.3. The van der Waals surface area contributed by atoms with Gasteiger partial charge in [-0.2, -0.15) is 47.6 Å². The van der Waals surface area contributed by atoms with Crippen LogP contribution >= 0.6 is 11.6 Å². The van der Waals surface area contributed by atoms with Gasteiger partial charge in [0.1, 0.15) is 63.0 Å². The third kappa shape index (κ3) is 16.7. The van der Waals surface area contributed by atoms with E-state index in [1.165, 1.54) is 43.2 Å². The van der Waals surface area contributed by atoms with Gasteiger partial charge in [-0.1, -0.05) is 111 Å². The molecule has 8 aromatic heterocycles. The first-order valence-corrected chi connectivity index (χ1v) is 36.9. The molecule has 12 heterocycles. The Labute approximate surface area is 628 Å². The number of hydrogen-bond donors (Lipinski definition) is 4. The second kappa shape index (κ2) is 31.5.